The van der Waals surface area contributed by atoms with Crippen molar-refractivity contribution in [2.45, 2.75) is 0 Å². The molecule has 0 aliphatic heterocycles. The van der Waals surface area contributed by atoms with Gasteiger partial charge in [0.2, 0.25) is 11.0 Å². The second-order valence-electron chi connectivity index (χ2n) is 3.06. The van der Waals surface area contributed by atoms with Gasteiger partial charge in [0.1, 0.15) is 5.82 Å². The van der Waals surface area contributed by atoms with Crippen LogP contribution in [0, 0.1) is 5.82 Å². The normalized spacial score (nSPS) is 10.4. The Balaban J connectivity index is 2.46. The molecule has 0 aliphatic carbocycles. The predicted molar refractivity (Wildman–Crippen MR) is 58.6 cm³/mol. The second-order valence-corrected chi connectivity index (χ2v) is 3.84. The summed E-state index contributed by atoms with van der Waals surface area (Å²) in [6.07, 6.45) is 1.27. The Morgan fingerprint density at radius 3 is 2.50 bits per heavy atom. The van der Waals surface area contributed by atoms with Crippen LogP contribution in [0.2, 0.25) is 10.2 Å². The van der Waals surface area contributed by atoms with E-state index in [0.29, 0.717) is 0 Å². The van der Waals surface area contributed by atoms with E-state index in [1.807, 2.05) is 0 Å². The molecule has 2 nitrogen and oxygen atoms in total. The highest BCUT2D eigenvalue weighted by atomic mass is 35.5. The highest BCUT2D eigenvalue weighted by Crippen LogP contribution is 2.23. The largest absolute Gasteiger partial charge is 0.452 e. The summed E-state index contributed by atoms with van der Waals surface area (Å²) in [6.45, 7) is 0. The molecule has 2 rings (SSSR count). The number of furan rings is 1. The molecule has 1 heterocycles. The van der Waals surface area contributed by atoms with E-state index in [1.54, 1.807) is 0 Å². The third-order valence-corrected chi connectivity index (χ3v) is 2.57. The van der Waals surface area contributed by atoms with Crippen LogP contribution in [-0.2, 0) is 0 Å². The van der Waals surface area contributed by atoms with Crippen molar-refractivity contribution in [3.8, 4) is 0 Å². The molecule has 0 amide bonds. The lowest BCUT2D eigenvalue weighted by molar-refractivity contribution is 0.103. The minimum Gasteiger partial charge on any atom is -0.452 e. The van der Waals surface area contributed by atoms with Crippen molar-refractivity contribution in [2.24, 2.45) is 0 Å². The summed E-state index contributed by atoms with van der Waals surface area (Å²) in [5.74, 6) is -1.22. The summed E-state index contributed by atoms with van der Waals surface area (Å²) in [5.41, 5.74) is 0.0376. The van der Waals surface area contributed by atoms with E-state index in [2.05, 4.69) is 0 Å². The standard InChI is InChI=1S/C11H5Cl2FO2/c12-6-1-2-7(9(14)5-6)10(15)8-3-4-16-11(8)13/h1-5H. The van der Waals surface area contributed by atoms with Gasteiger partial charge in [0, 0.05) is 5.02 Å². The Kier molecular flexibility index (Phi) is 2.99. The van der Waals surface area contributed by atoms with Crippen molar-refractivity contribution in [1.29, 1.82) is 0 Å². The van der Waals surface area contributed by atoms with E-state index < -0.39 is 11.6 Å². The quantitative estimate of drug-likeness (QED) is 0.764. The Hall–Kier alpha value is -1.32. The molecular weight excluding hydrogens is 254 g/mol. The molecule has 1 aromatic carbocycles. The molecule has 0 saturated heterocycles. The zero-order valence-corrected chi connectivity index (χ0v) is 9.35. The van der Waals surface area contributed by atoms with Crippen LogP contribution in [0.25, 0.3) is 0 Å². The zero-order valence-electron chi connectivity index (χ0n) is 7.84. The fraction of sp³-hybridized carbons (Fsp3) is 0. The van der Waals surface area contributed by atoms with Gasteiger partial charge >= 0.3 is 0 Å². The van der Waals surface area contributed by atoms with Crippen LogP contribution in [-0.4, -0.2) is 5.78 Å². The third-order valence-electron chi connectivity index (χ3n) is 2.04. The van der Waals surface area contributed by atoms with Gasteiger partial charge in [-0.1, -0.05) is 11.6 Å². The second kappa shape index (κ2) is 4.28. The summed E-state index contributed by atoms with van der Waals surface area (Å²) in [7, 11) is 0. The average molecular weight is 259 g/mol. The van der Waals surface area contributed by atoms with Gasteiger partial charge in [-0.25, -0.2) is 4.39 Å². The number of benzene rings is 1. The van der Waals surface area contributed by atoms with Gasteiger partial charge in [0.05, 0.1) is 17.4 Å². The minimum atomic E-state index is -0.685. The molecular formula is C11H5Cl2FO2. The number of rotatable bonds is 2. The summed E-state index contributed by atoms with van der Waals surface area (Å²) in [6, 6.07) is 5.21. The fourth-order valence-electron chi connectivity index (χ4n) is 1.27. The fourth-order valence-corrected chi connectivity index (χ4v) is 1.63. The van der Waals surface area contributed by atoms with Gasteiger partial charge in [0.15, 0.2) is 0 Å². The topological polar surface area (TPSA) is 30.2 Å². The number of carbonyl (C=O) groups is 1. The first-order chi connectivity index (χ1) is 7.59. The molecule has 0 radical (unpaired) electrons. The monoisotopic (exact) mass is 258 g/mol. The highest BCUT2D eigenvalue weighted by Gasteiger charge is 2.18. The van der Waals surface area contributed by atoms with Crippen molar-refractivity contribution in [2.75, 3.05) is 0 Å². The zero-order chi connectivity index (χ0) is 11.7. The van der Waals surface area contributed by atoms with E-state index >= 15 is 0 Å². The van der Waals surface area contributed by atoms with E-state index in [0.717, 1.165) is 6.07 Å². The Morgan fingerprint density at radius 1 is 1.19 bits per heavy atom. The average Bonchev–Trinajstić information content (AvgIpc) is 2.63. The first-order valence-corrected chi connectivity index (χ1v) is 5.08. The highest BCUT2D eigenvalue weighted by molar-refractivity contribution is 6.33. The lowest BCUT2D eigenvalue weighted by Crippen LogP contribution is -2.03. The summed E-state index contributed by atoms with van der Waals surface area (Å²) >= 11 is 11.2. The maximum atomic E-state index is 13.4. The Labute approximate surface area is 101 Å². The van der Waals surface area contributed by atoms with Crippen molar-refractivity contribution in [3.63, 3.8) is 0 Å². The van der Waals surface area contributed by atoms with E-state index in [9.17, 15) is 9.18 Å². The van der Waals surface area contributed by atoms with Crippen LogP contribution in [0.4, 0.5) is 4.39 Å². The van der Waals surface area contributed by atoms with Crippen LogP contribution in [0.1, 0.15) is 15.9 Å². The van der Waals surface area contributed by atoms with Crippen LogP contribution < -0.4 is 0 Å². The van der Waals surface area contributed by atoms with Crippen LogP contribution in [0.15, 0.2) is 34.9 Å². The molecule has 0 saturated carbocycles. The molecule has 0 atom stereocenters. The van der Waals surface area contributed by atoms with Crippen LogP contribution >= 0.6 is 23.2 Å². The smallest absolute Gasteiger partial charge is 0.204 e. The van der Waals surface area contributed by atoms with Crippen molar-refractivity contribution < 1.29 is 13.6 Å². The van der Waals surface area contributed by atoms with Gasteiger partial charge in [-0.15, -0.1) is 0 Å². The predicted octanol–water partition coefficient (Wildman–Crippen LogP) is 3.96. The summed E-state index contributed by atoms with van der Waals surface area (Å²) in [5, 5.41) is 0.173. The third kappa shape index (κ3) is 1.96. The summed E-state index contributed by atoms with van der Waals surface area (Å²) < 4.78 is 18.2. The lowest BCUT2D eigenvalue weighted by Gasteiger charge is -2.01. The van der Waals surface area contributed by atoms with Gasteiger partial charge in [-0.2, -0.15) is 0 Å². The number of hydrogen-bond acceptors (Lipinski definition) is 2. The maximum absolute atomic E-state index is 13.4. The van der Waals surface area contributed by atoms with Crippen molar-refractivity contribution in [3.05, 3.63) is 57.7 Å². The Morgan fingerprint density at radius 2 is 1.94 bits per heavy atom. The molecule has 82 valence electrons. The van der Waals surface area contributed by atoms with Gasteiger partial charge < -0.3 is 4.42 Å². The molecule has 1 aromatic heterocycles. The first-order valence-electron chi connectivity index (χ1n) is 4.32. The van der Waals surface area contributed by atoms with Crippen LogP contribution in [0.5, 0.6) is 0 Å². The van der Waals surface area contributed by atoms with E-state index in [4.69, 9.17) is 27.6 Å². The van der Waals surface area contributed by atoms with E-state index in [-0.39, 0.29) is 21.4 Å². The number of halogens is 3. The number of ketones is 1. The molecule has 0 bridgehead atoms. The van der Waals surface area contributed by atoms with E-state index in [1.165, 1.54) is 24.5 Å². The van der Waals surface area contributed by atoms with Gasteiger partial charge in [0.25, 0.3) is 0 Å². The molecule has 0 unspecified atom stereocenters. The molecule has 2 aromatic rings. The van der Waals surface area contributed by atoms with Crippen molar-refractivity contribution >= 4 is 29.0 Å². The number of hydrogen-bond donors (Lipinski definition) is 0. The van der Waals surface area contributed by atoms with Crippen molar-refractivity contribution in [1.82, 2.24) is 0 Å². The Bertz CT molecular complexity index is 549. The number of carbonyl (C=O) groups excluding carboxylic acids is 1. The molecule has 0 N–H and O–H groups in total. The van der Waals surface area contributed by atoms with Gasteiger partial charge in [-0.3, -0.25) is 4.79 Å². The molecule has 0 fully saturated rings. The first kappa shape index (κ1) is 11.2. The molecule has 16 heavy (non-hydrogen) atoms. The van der Waals surface area contributed by atoms with Crippen LogP contribution in [0.3, 0.4) is 0 Å². The summed E-state index contributed by atoms with van der Waals surface area (Å²) in [4.78, 5) is 11.8. The lowest BCUT2D eigenvalue weighted by atomic mass is 10.1. The van der Waals surface area contributed by atoms with Gasteiger partial charge in [-0.05, 0) is 35.9 Å². The molecule has 0 spiro atoms. The maximum Gasteiger partial charge on any atom is 0.204 e. The molecule has 5 heteroatoms. The minimum absolute atomic E-state index is 0.0562. The molecule has 0 aliphatic rings. The SMILES string of the molecule is O=C(c1ccc(Cl)cc1F)c1ccoc1Cl.